The van der Waals surface area contributed by atoms with E-state index in [0.717, 1.165) is 11.3 Å². The Morgan fingerprint density at radius 1 is 1.08 bits per heavy atom. The van der Waals surface area contributed by atoms with Crippen LogP contribution >= 0.6 is 23.2 Å². The lowest BCUT2D eigenvalue weighted by Gasteiger charge is -2.27. The van der Waals surface area contributed by atoms with E-state index in [4.69, 9.17) is 23.2 Å². The lowest BCUT2D eigenvalue weighted by atomic mass is 9.91. The number of benzene rings is 2. The summed E-state index contributed by atoms with van der Waals surface area (Å²) in [4.78, 5) is 49.0. The molecule has 1 atom stereocenters. The molecular formula is C26H21Cl2N7O4. The van der Waals surface area contributed by atoms with Crippen LogP contribution in [0.5, 0.6) is 0 Å². The molecule has 2 aliphatic rings. The number of anilines is 2. The molecule has 2 N–H and O–H groups in total. The molecule has 0 radical (unpaired) electrons. The molecule has 198 valence electrons. The smallest absolute Gasteiger partial charge is 0.329 e. The largest absolute Gasteiger partial charge is 0.480 e. The number of carboxylic acid groups (broad SMARTS) is 1. The Bertz CT molecular complexity index is 1610. The van der Waals surface area contributed by atoms with Crippen LogP contribution in [0.15, 0.2) is 61.3 Å². The summed E-state index contributed by atoms with van der Waals surface area (Å²) in [5, 5.41) is 17.0. The molecule has 11 nitrogen and oxygen atoms in total. The van der Waals surface area contributed by atoms with Crippen molar-refractivity contribution in [3.63, 3.8) is 0 Å². The Labute approximate surface area is 232 Å². The second-order valence-corrected chi connectivity index (χ2v) is 10.7. The number of imidazole rings is 1. The number of fused-ring (bicyclic) bond motifs is 1. The van der Waals surface area contributed by atoms with Gasteiger partial charge in [0, 0.05) is 16.5 Å². The van der Waals surface area contributed by atoms with E-state index in [1.807, 2.05) is 24.3 Å². The van der Waals surface area contributed by atoms with Gasteiger partial charge in [-0.05, 0) is 55.7 Å². The van der Waals surface area contributed by atoms with Crippen molar-refractivity contribution in [2.45, 2.75) is 37.3 Å². The van der Waals surface area contributed by atoms with Gasteiger partial charge >= 0.3 is 5.97 Å². The zero-order valence-electron chi connectivity index (χ0n) is 20.5. The molecule has 0 spiro atoms. The van der Waals surface area contributed by atoms with E-state index < -0.39 is 23.0 Å². The van der Waals surface area contributed by atoms with Crippen molar-refractivity contribution in [2.75, 3.05) is 4.90 Å². The number of rotatable bonds is 7. The van der Waals surface area contributed by atoms with Gasteiger partial charge in [-0.15, -0.1) is 0 Å². The molecule has 1 unspecified atom stereocenters. The minimum absolute atomic E-state index is 0.0724. The van der Waals surface area contributed by atoms with Crippen LogP contribution in [0.4, 0.5) is 11.6 Å². The van der Waals surface area contributed by atoms with Gasteiger partial charge in [0.15, 0.2) is 0 Å². The molecule has 2 aromatic heterocycles. The van der Waals surface area contributed by atoms with Gasteiger partial charge in [-0.3, -0.25) is 14.2 Å². The quantitative estimate of drug-likeness (QED) is 0.348. The van der Waals surface area contributed by atoms with Gasteiger partial charge in [-0.25, -0.2) is 24.3 Å². The molecule has 4 aromatic rings. The second kappa shape index (κ2) is 8.92. The fourth-order valence-electron chi connectivity index (χ4n) is 4.93. The van der Waals surface area contributed by atoms with Crippen molar-refractivity contribution in [2.24, 2.45) is 0 Å². The summed E-state index contributed by atoms with van der Waals surface area (Å²) < 4.78 is 3.17. The first-order chi connectivity index (χ1) is 18.6. The van der Waals surface area contributed by atoms with Crippen LogP contribution in [-0.2, 0) is 21.5 Å². The van der Waals surface area contributed by atoms with Crippen molar-refractivity contribution in [3.05, 3.63) is 82.6 Å². The Balaban J connectivity index is 1.42. The van der Waals surface area contributed by atoms with Crippen LogP contribution < -0.4 is 10.2 Å². The number of hydrogen-bond donors (Lipinski definition) is 2. The molecule has 2 amide bonds. The Kier molecular flexibility index (Phi) is 5.74. The number of carboxylic acids is 1. The van der Waals surface area contributed by atoms with Crippen molar-refractivity contribution >= 4 is 52.6 Å². The zero-order valence-corrected chi connectivity index (χ0v) is 22.0. The van der Waals surface area contributed by atoms with Crippen molar-refractivity contribution in [1.82, 2.24) is 29.6 Å². The van der Waals surface area contributed by atoms with Crippen molar-refractivity contribution in [1.29, 1.82) is 0 Å². The first kappa shape index (κ1) is 25.1. The molecule has 3 heterocycles. The first-order valence-electron chi connectivity index (χ1n) is 12.0. The van der Waals surface area contributed by atoms with Crippen LogP contribution in [0.25, 0.3) is 5.69 Å². The summed E-state index contributed by atoms with van der Waals surface area (Å²) >= 11 is 12.5. The molecule has 1 fully saturated rings. The number of halogens is 2. The topological polar surface area (TPSA) is 135 Å². The van der Waals surface area contributed by atoms with Gasteiger partial charge in [-0.2, -0.15) is 5.10 Å². The van der Waals surface area contributed by atoms with E-state index in [1.54, 1.807) is 40.7 Å². The average Bonchev–Trinajstić information content (AvgIpc) is 3.22. The van der Waals surface area contributed by atoms with E-state index in [-0.39, 0.29) is 24.0 Å². The maximum Gasteiger partial charge on any atom is 0.329 e. The Morgan fingerprint density at radius 2 is 1.77 bits per heavy atom. The molecule has 1 aliphatic heterocycles. The fourth-order valence-corrected chi connectivity index (χ4v) is 5.45. The number of carbonyl (C=O) groups excluding carboxylic acids is 2. The molecule has 13 heteroatoms. The Morgan fingerprint density at radius 3 is 2.36 bits per heavy atom. The third-order valence-corrected chi connectivity index (χ3v) is 7.56. The fraction of sp³-hybridized carbons (Fsp3) is 0.231. The number of hydrogen-bond acceptors (Lipinski definition) is 6. The number of nitrogens with zero attached hydrogens (tertiary/aromatic N) is 6. The summed E-state index contributed by atoms with van der Waals surface area (Å²) in [6, 6.07) is 12.2. The van der Waals surface area contributed by atoms with Crippen LogP contribution in [-0.4, -0.2) is 52.7 Å². The third-order valence-electron chi connectivity index (χ3n) is 7.12. The number of amides is 2. The monoisotopic (exact) mass is 565 g/mol. The van der Waals surface area contributed by atoms with Gasteiger partial charge in [0.05, 0.1) is 17.6 Å². The normalized spacial score (nSPS) is 19.2. The van der Waals surface area contributed by atoms with E-state index >= 15 is 0 Å². The number of nitrogens with one attached hydrogen (secondary N) is 1. The highest BCUT2D eigenvalue weighted by Crippen LogP contribution is 2.44. The summed E-state index contributed by atoms with van der Waals surface area (Å²) in [5.41, 5.74) is -0.522. The predicted octanol–water partition coefficient (Wildman–Crippen LogP) is 3.75. The van der Waals surface area contributed by atoms with E-state index in [9.17, 15) is 19.5 Å². The van der Waals surface area contributed by atoms with Gasteiger partial charge in [-0.1, -0.05) is 35.3 Å². The van der Waals surface area contributed by atoms with Crippen LogP contribution in [0.2, 0.25) is 10.0 Å². The number of aromatic nitrogens is 5. The van der Waals surface area contributed by atoms with Gasteiger partial charge in [0.1, 0.15) is 29.4 Å². The summed E-state index contributed by atoms with van der Waals surface area (Å²) in [5.74, 6) is -1.87. The van der Waals surface area contributed by atoms with Crippen LogP contribution in [0, 0.1) is 0 Å². The molecule has 1 saturated carbocycles. The molecule has 6 rings (SSSR count). The predicted molar refractivity (Wildman–Crippen MR) is 142 cm³/mol. The maximum atomic E-state index is 14.1. The molecule has 2 aromatic carbocycles. The van der Waals surface area contributed by atoms with Crippen LogP contribution in [0.1, 0.15) is 35.8 Å². The van der Waals surface area contributed by atoms with E-state index in [1.165, 1.54) is 17.4 Å². The molecular weight excluding hydrogens is 545 g/mol. The van der Waals surface area contributed by atoms with Crippen LogP contribution in [0.3, 0.4) is 0 Å². The average molecular weight is 566 g/mol. The molecule has 0 bridgehead atoms. The van der Waals surface area contributed by atoms with Gasteiger partial charge < -0.3 is 10.4 Å². The van der Waals surface area contributed by atoms with Gasteiger partial charge in [0.2, 0.25) is 5.95 Å². The lowest BCUT2D eigenvalue weighted by Crippen LogP contribution is -2.46. The van der Waals surface area contributed by atoms with Gasteiger partial charge in [0.25, 0.3) is 11.8 Å². The molecule has 1 aliphatic carbocycles. The lowest BCUT2D eigenvalue weighted by molar-refractivity contribution is -0.140. The first-order valence-corrected chi connectivity index (χ1v) is 12.8. The van der Waals surface area contributed by atoms with Crippen molar-refractivity contribution < 1.29 is 19.5 Å². The molecule has 0 saturated heterocycles. The van der Waals surface area contributed by atoms with E-state index in [0.29, 0.717) is 28.6 Å². The van der Waals surface area contributed by atoms with Crippen molar-refractivity contribution in [3.8, 4) is 5.69 Å². The summed E-state index contributed by atoms with van der Waals surface area (Å²) in [6.45, 7) is 1.72. The van der Waals surface area contributed by atoms with E-state index in [2.05, 4.69) is 20.4 Å². The highest BCUT2D eigenvalue weighted by molar-refractivity contribution is 6.35. The standard InChI is InChI=1S/C26H21Cl2N7O4/c1-25(11-15-2-4-18(5-3-15)33-14-29-13-31-33)22(37)34(19-9-16(27)8-17(28)10-19)24-30-12-20(35(24)25)21(36)32-26(6-7-26)23(38)39/h2-5,8-10,12-14H,6-7,11H2,1H3,(H,32,36)(H,38,39). The maximum absolute atomic E-state index is 14.1. The minimum atomic E-state index is -1.31. The number of carbonyl (C=O) groups is 3. The zero-order chi connectivity index (χ0) is 27.5. The third kappa shape index (κ3) is 4.14. The highest BCUT2D eigenvalue weighted by atomic mass is 35.5. The Hall–Kier alpha value is -4.22. The minimum Gasteiger partial charge on any atom is -0.480 e. The number of aliphatic carboxylic acids is 1. The molecule has 39 heavy (non-hydrogen) atoms. The second-order valence-electron chi connectivity index (χ2n) is 9.85. The summed E-state index contributed by atoms with van der Waals surface area (Å²) in [7, 11) is 0. The highest BCUT2D eigenvalue weighted by Gasteiger charge is 2.54. The summed E-state index contributed by atoms with van der Waals surface area (Å²) in [6.07, 6.45) is 5.23. The SMILES string of the molecule is CC1(Cc2ccc(-n3cncn3)cc2)C(=O)N(c2cc(Cl)cc(Cl)c2)c2ncc(C(=O)NC3(C(=O)O)CC3)n21.